The molecule has 21 heavy (non-hydrogen) atoms. The van der Waals surface area contributed by atoms with Crippen molar-refractivity contribution >= 4 is 27.5 Å². The fraction of sp³-hybridized carbons (Fsp3) is 0.562. The van der Waals surface area contributed by atoms with Crippen molar-refractivity contribution in [2.75, 3.05) is 24.5 Å². The number of piperidine rings is 1. The summed E-state index contributed by atoms with van der Waals surface area (Å²) in [6.45, 7) is 7.32. The van der Waals surface area contributed by atoms with Crippen molar-refractivity contribution in [3.63, 3.8) is 0 Å². The molecule has 1 fully saturated rings. The average Bonchev–Trinajstić information content (AvgIpc) is 2.45. The van der Waals surface area contributed by atoms with Gasteiger partial charge in [0.15, 0.2) is 0 Å². The van der Waals surface area contributed by atoms with Crippen molar-refractivity contribution in [2.24, 2.45) is 11.7 Å². The number of nitrogens with two attached hydrogens (primary N) is 1. The van der Waals surface area contributed by atoms with E-state index >= 15 is 0 Å². The number of nitrogens with zero attached hydrogens (tertiary/aromatic N) is 1. The van der Waals surface area contributed by atoms with Gasteiger partial charge in [-0.25, -0.2) is 0 Å². The topological polar surface area (TPSA) is 58.4 Å². The van der Waals surface area contributed by atoms with Gasteiger partial charge in [-0.05, 0) is 43.5 Å². The molecule has 5 heteroatoms. The van der Waals surface area contributed by atoms with Crippen LogP contribution in [0.5, 0.6) is 0 Å². The zero-order valence-corrected chi connectivity index (χ0v) is 14.3. The predicted octanol–water partition coefficient (Wildman–Crippen LogP) is 2.76. The van der Waals surface area contributed by atoms with E-state index in [4.69, 9.17) is 5.73 Å². The molecule has 1 aromatic rings. The maximum Gasteiger partial charge on any atom is 0.250 e. The fourth-order valence-electron chi connectivity index (χ4n) is 2.83. The van der Waals surface area contributed by atoms with E-state index in [0.717, 1.165) is 36.2 Å². The highest BCUT2D eigenvalue weighted by atomic mass is 79.9. The Bertz CT molecular complexity index is 504. The Kier molecular flexibility index (Phi) is 5.65. The van der Waals surface area contributed by atoms with Crippen LogP contribution in [0.1, 0.15) is 37.0 Å². The summed E-state index contributed by atoms with van der Waals surface area (Å²) < 4.78 is 0.884. The number of nitrogens with one attached hydrogen (secondary N) is 1. The molecule has 1 atom stereocenters. The van der Waals surface area contributed by atoms with Crippen LogP contribution >= 0.6 is 15.9 Å². The molecule has 0 spiro atoms. The zero-order valence-electron chi connectivity index (χ0n) is 12.7. The SMILES string of the molecule is CC(C)NCC1CCCN(c2ccc(Br)cc2C(N)=O)C1. The van der Waals surface area contributed by atoms with Crippen LogP contribution < -0.4 is 16.0 Å². The van der Waals surface area contributed by atoms with Gasteiger partial charge in [0, 0.05) is 29.3 Å². The Morgan fingerprint density at radius 2 is 2.29 bits per heavy atom. The van der Waals surface area contributed by atoms with E-state index in [1.807, 2.05) is 18.2 Å². The number of halogens is 1. The molecule has 1 saturated heterocycles. The van der Waals surface area contributed by atoms with E-state index in [1.165, 1.54) is 6.42 Å². The highest BCUT2D eigenvalue weighted by molar-refractivity contribution is 9.10. The second-order valence-electron chi connectivity index (χ2n) is 6.04. The van der Waals surface area contributed by atoms with E-state index in [0.29, 0.717) is 17.5 Å². The molecule has 0 radical (unpaired) electrons. The van der Waals surface area contributed by atoms with Gasteiger partial charge in [0.25, 0.3) is 5.91 Å². The molecule has 2 rings (SSSR count). The third kappa shape index (κ3) is 4.45. The second-order valence-corrected chi connectivity index (χ2v) is 6.96. The van der Waals surface area contributed by atoms with Crippen LogP contribution in [0.15, 0.2) is 22.7 Å². The summed E-state index contributed by atoms with van der Waals surface area (Å²) in [6.07, 6.45) is 2.39. The summed E-state index contributed by atoms with van der Waals surface area (Å²) in [5.41, 5.74) is 7.08. The number of carbonyl (C=O) groups is 1. The third-order valence-corrected chi connectivity index (χ3v) is 4.39. The van der Waals surface area contributed by atoms with E-state index in [-0.39, 0.29) is 5.91 Å². The first-order valence-electron chi connectivity index (χ1n) is 7.55. The Balaban J connectivity index is 2.12. The smallest absolute Gasteiger partial charge is 0.250 e. The largest absolute Gasteiger partial charge is 0.371 e. The van der Waals surface area contributed by atoms with Crippen LogP contribution in [0.25, 0.3) is 0 Å². The van der Waals surface area contributed by atoms with Crippen molar-refractivity contribution in [3.05, 3.63) is 28.2 Å². The Hall–Kier alpha value is -1.07. The third-order valence-electron chi connectivity index (χ3n) is 3.90. The summed E-state index contributed by atoms with van der Waals surface area (Å²) >= 11 is 3.40. The van der Waals surface area contributed by atoms with Gasteiger partial charge in [-0.1, -0.05) is 29.8 Å². The molecule has 1 aromatic carbocycles. The molecule has 1 heterocycles. The molecule has 0 saturated carbocycles. The van der Waals surface area contributed by atoms with Gasteiger partial charge in [-0.2, -0.15) is 0 Å². The number of hydrogen-bond donors (Lipinski definition) is 2. The standard InChI is InChI=1S/C16H24BrN3O/c1-11(2)19-9-12-4-3-7-20(10-12)15-6-5-13(17)8-14(15)16(18)21/h5-6,8,11-12,19H,3-4,7,9-10H2,1-2H3,(H2,18,21). The van der Waals surface area contributed by atoms with Crippen molar-refractivity contribution in [1.82, 2.24) is 5.32 Å². The number of anilines is 1. The molecule has 1 aliphatic rings. The first kappa shape index (κ1) is 16.3. The van der Waals surface area contributed by atoms with Crippen molar-refractivity contribution < 1.29 is 4.79 Å². The monoisotopic (exact) mass is 353 g/mol. The van der Waals surface area contributed by atoms with Crippen molar-refractivity contribution in [2.45, 2.75) is 32.7 Å². The van der Waals surface area contributed by atoms with Gasteiger partial charge in [0.05, 0.1) is 5.56 Å². The molecule has 0 aromatic heterocycles. The maximum atomic E-state index is 11.7. The van der Waals surface area contributed by atoms with E-state index in [2.05, 4.69) is 40.0 Å². The lowest BCUT2D eigenvalue weighted by Crippen LogP contribution is -2.41. The molecule has 1 amide bonds. The molecule has 116 valence electrons. The molecule has 0 bridgehead atoms. The van der Waals surface area contributed by atoms with Crippen LogP contribution in [0.4, 0.5) is 5.69 Å². The normalized spacial score (nSPS) is 19.0. The zero-order chi connectivity index (χ0) is 15.4. The molecule has 1 unspecified atom stereocenters. The number of primary amides is 1. The molecule has 4 nitrogen and oxygen atoms in total. The van der Waals surface area contributed by atoms with Crippen LogP contribution in [-0.2, 0) is 0 Å². The summed E-state index contributed by atoms with van der Waals surface area (Å²) in [4.78, 5) is 14.0. The minimum absolute atomic E-state index is 0.367. The lowest BCUT2D eigenvalue weighted by molar-refractivity contribution is 0.100. The van der Waals surface area contributed by atoms with E-state index < -0.39 is 0 Å². The van der Waals surface area contributed by atoms with Gasteiger partial charge < -0.3 is 16.0 Å². The molecule has 3 N–H and O–H groups in total. The van der Waals surface area contributed by atoms with Crippen LogP contribution in [0.3, 0.4) is 0 Å². The van der Waals surface area contributed by atoms with E-state index in [9.17, 15) is 4.79 Å². The number of carbonyl (C=O) groups excluding carboxylic acids is 1. The summed E-state index contributed by atoms with van der Waals surface area (Å²) in [5, 5.41) is 3.51. The van der Waals surface area contributed by atoms with Crippen LogP contribution in [0.2, 0.25) is 0 Å². The molecular weight excluding hydrogens is 330 g/mol. The van der Waals surface area contributed by atoms with Gasteiger partial charge in [0.2, 0.25) is 0 Å². The summed E-state index contributed by atoms with van der Waals surface area (Å²) in [5.74, 6) is 0.249. The number of rotatable bonds is 5. The van der Waals surface area contributed by atoms with Crippen LogP contribution in [-0.4, -0.2) is 31.6 Å². The Morgan fingerprint density at radius 1 is 1.52 bits per heavy atom. The average molecular weight is 354 g/mol. The minimum Gasteiger partial charge on any atom is -0.371 e. The lowest BCUT2D eigenvalue weighted by atomic mass is 9.96. The maximum absolute atomic E-state index is 11.7. The molecule has 0 aliphatic carbocycles. The quantitative estimate of drug-likeness (QED) is 0.855. The van der Waals surface area contributed by atoms with Gasteiger partial charge in [0.1, 0.15) is 0 Å². The van der Waals surface area contributed by atoms with E-state index in [1.54, 1.807) is 0 Å². The number of benzene rings is 1. The van der Waals surface area contributed by atoms with Crippen molar-refractivity contribution in [1.29, 1.82) is 0 Å². The minimum atomic E-state index is -0.367. The molecule has 1 aliphatic heterocycles. The fourth-order valence-corrected chi connectivity index (χ4v) is 3.20. The number of amides is 1. The van der Waals surface area contributed by atoms with Crippen molar-refractivity contribution in [3.8, 4) is 0 Å². The number of hydrogen-bond acceptors (Lipinski definition) is 3. The predicted molar refractivity (Wildman–Crippen MR) is 90.7 cm³/mol. The van der Waals surface area contributed by atoms with Gasteiger partial charge in [-0.3, -0.25) is 4.79 Å². The highest BCUT2D eigenvalue weighted by Gasteiger charge is 2.23. The Labute approximate surface area is 135 Å². The summed E-state index contributed by atoms with van der Waals surface area (Å²) in [7, 11) is 0. The summed E-state index contributed by atoms with van der Waals surface area (Å²) in [6, 6.07) is 6.28. The van der Waals surface area contributed by atoms with Gasteiger partial charge in [-0.15, -0.1) is 0 Å². The lowest BCUT2D eigenvalue weighted by Gasteiger charge is -2.35. The second kappa shape index (κ2) is 7.27. The first-order valence-corrected chi connectivity index (χ1v) is 8.34. The highest BCUT2D eigenvalue weighted by Crippen LogP contribution is 2.28. The van der Waals surface area contributed by atoms with Crippen LogP contribution in [0, 0.1) is 5.92 Å². The first-order chi connectivity index (χ1) is 9.97. The van der Waals surface area contributed by atoms with Gasteiger partial charge >= 0.3 is 0 Å². The molecular formula is C16H24BrN3O. The Morgan fingerprint density at radius 3 is 2.95 bits per heavy atom.